The van der Waals surface area contributed by atoms with Gasteiger partial charge < -0.3 is 14.9 Å². The van der Waals surface area contributed by atoms with Crippen LogP contribution in [0.1, 0.15) is 64.7 Å². The summed E-state index contributed by atoms with van der Waals surface area (Å²) >= 11 is 0. The van der Waals surface area contributed by atoms with Crippen molar-refractivity contribution in [2.24, 2.45) is 11.8 Å². The molecule has 2 N–H and O–H groups in total. The fourth-order valence-corrected chi connectivity index (χ4v) is 3.31. The maximum absolute atomic E-state index is 11.3. The normalized spacial score (nSPS) is 29.8. The van der Waals surface area contributed by atoms with Gasteiger partial charge in [0.05, 0.1) is 12.2 Å². The number of unbranched alkanes of at least 4 members (excludes halogenated alkanes) is 3. The molecule has 0 aromatic carbocycles. The number of aliphatic hydroxyl groups is 2. The Morgan fingerprint density at radius 3 is 2.88 bits per heavy atom. The molecule has 136 valence electrons. The van der Waals surface area contributed by atoms with Crippen molar-refractivity contribution in [2.45, 2.75) is 83.0 Å². The number of aliphatic hydroxyl groups excluding tert-OH is 2. The predicted molar refractivity (Wildman–Crippen MR) is 94.4 cm³/mol. The van der Waals surface area contributed by atoms with Crippen molar-refractivity contribution < 1.29 is 19.7 Å². The molecule has 0 amide bonds. The van der Waals surface area contributed by atoms with Gasteiger partial charge in [0.15, 0.2) is 0 Å². The molecular weight excluding hydrogens is 304 g/mol. The number of carbonyl (C=O) groups excluding carboxylic acids is 1. The van der Waals surface area contributed by atoms with Crippen LogP contribution >= 0.6 is 0 Å². The second kappa shape index (κ2) is 10.00. The summed E-state index contributed by atoms with van der Waals surface area (Å²) in [5, 5.41) is 20.0. The van der Waals surface area contributed by atoms with Gasteiger partial charge in [0.2, 0.25) is 0 Å². The Bertz CT molecular complexity index is 443. The molecule has 1 aliphatic carbocycles. The molecule has 4 nitrogen and oxygen atoms in total. The number of esters is 1. The molecule has 0 spiro atoms. The molecule has 2 aliphatic rings. The highest BCUT2D eigenvalue weighted by molar-refractivity contribution is 5.70. The average molecular weight is 336 g/mol. The van der Waals surface area contributed by atoms with E-state index in [4.69, 9.17) is 4.74 Å². The molecule has 0 bridgehead atoms. The number of rotatable bonds is 10. The zero-order valence-corrected chi connectivity index (χ0v) is 14.8. The van der Waals surface area contributed by atoms with Crippen LogP contribution in [-0.4, -0.2) is 34.5 Å². The minimum Gasteiger partial charge on any atom is -0.462 e. The van der Waals surface area contributed by atoms with Gasteiger partial charge in [0.1, 0.15) is 6.10 Å². The molecule has 1 aliphatic heterocycles. The van der Waals surface area contributed by atoms with E-state index < -0.39 is 12.2 Å². The Labute approximate surface area is 145 Å². The fraction of sp³-hybridized carbons (Fsp3) is 0.750. The van der Waals surface area contributed by atoms with E-state index in [1.54, 1.807) is 6.08 Å². The maximum atomic E-state index is 11.3. The lowest BCUT2D eigenvalue weighted by atomic mass is 10.0. The quantitative estimate of drug-likeness (QED) is 0.364. The van der Waals surface area contributed by atoms with Crippen LogP contribution in [0.2, 0.25) is 0 Å². The number of hydrogen-bond acceptors (Lipinski definition) is 4. The second-order valence-corrected chi connectivity index (χ2v) is 7.13. The molecule has 5 atom stereocenters. The molecule has 0 radical (unpaired) electrons. The minimum absolute atomic E-state index is 0.0500. The molecule has 1 saturated heterocycles. The first-order valence-electron chi connectivity index (χ1n) is 9.50. The summed E-state index contributed by atoms with van der Waals surface area (Å²) in [7, 11) is 0. The number of hydrogen-bond donors (Lipinski definition) is 2. The lowest BCUT2D eigenvalue weighted by molar-refractivity contribution is -0.155. The number of allylic oxidation sites excluding steroid dienone is 2. The monoisotopic (exact) mass is 336 g/mol. The average Bonchev–Trinajstić information content (AvgIpc) is 3.35. The van der Waals surface area contributed by atoms with Gasteiger partial charge in [0, 0.05) is 12.3 Å². The van der Waals surface area contributed by atoms with Crippen molar-refractivity contribution in [1.82, 2.24) is 0 Å². The summed E-state index contributed by atoms with van der Waals surface area (Å²) in [6.07, 6.45) is 14.7. The van der Waals surface area contributed by atoms with E-state index in [0.29, 0.717) is 24.7 Å². The summed E-state index contributed by atoms with van der Waals surface area (Å²) in [5.41, 5.74) is 0. The Kier molecular flexibility index (Phi) is 8.00. The molecule has 24 heavy (non-hydrogen) atoms. The van der Waals surface area contributed by atoms with E-state index in [0.717, 1.165) is 25.7 Å². The molecule has 0 unspecified atom stereocenters. The molecule has 1 heterocycles. The van der Waals surface area contributed by atoms with Crippen molar-refractivity contribution in [1.29, 1.82) is 0 Å². The summed E-state index contributed by atoms with van der Waals surface area (Å²) in [5.74, 6) is 0.683. The van der Waals surface area contributed by atoms with E-state index >= 15 is 0 Å². The van der Waals surface area contributed by atoms with E-state index in [2.05, 4.69) is 13.0 Å². The third kappa shape index (κ3) is 6.40. The van der Waals surface area contributed by atoms with Crippen molar-refractivity contribution >= 4 is 5.97 Å². The van der Waals surface area contributed by atoms with Crippen LogP contribution < -0.4 is 0 Å². The summed E-state index contributed by atoms with van der Waals surface area (Å²) in [6.45, 7) is 2.18. The molecule has 1 saturated carbocycles. The first kappa shape index (κ1) is 19.2. The van der Waals surface area contributed by atoms with Crippen LogP contribution in [0.4, 0.5) is 0 Å². The van der Waals surface area contributed by atoms with Crippen LogP contribution in [0.25, 0.3) is 0 Å². The highest BCUT2D eigenvalue weighted by Gasteiger charge is 2.44. The smallest absolute Gasteiger partial charge is 0.306 e. The highest BCUT2D eigenvalue weighted by Crippen LogP contribution is 2.46. The Hall–Kier alpha value is -1.13. The van der Waals surface area contributed by atoms with Crippen molar-refractivity contribution in [3.8, 4) is 0 Å². The zero-order chi connectivity index (χ0) is 17.4. The van der Waals surface area contributed by atoms with Gasteiger partial charge in [-0.3, -0.25) is 4.79 Å². The van der Waals surface area contributed by atoms with Gasteiger partial charge >= 0.3 is 5.97 Å². The Morgan fingerprint density at radius 1 is 1.29 bits per heavy atom. The van der Waals surface area contributed by atoms with Gasteiger partial charge in [-0.05, 0) is 44.4 Å². The number of ether oxygens (including phenoxy) is 1. The Morgan fingerprint density at radius 2 is 2.12 bits per heavy atom. The fourth-order valence-electron chi connectivity index (χ4n) is 3.31. The largest absolute Gasteiger partial charge is 0.462 e. The molecule has 4 heteroatoms. The summed E-state index contributed by atoms with van der Waals surface area (Å²) < 4.78 is 5.39. The SMILES string of the molecule is CCCCC/C=C\C[C@H](O)[C@@H](O)/C=C/[C@@H]1C[C@@H]1[C@H]1CCCC(=O)O1. The minimum atomic E-state index is -0.833. The van der Waals surface area contributed by atoms with Crippen LogP contribution in [0.15, 0.2) is 24.3 Å². The number of cyclic esters (lactones) is 1. The van der Waals surface area contributed by atoms with Gasteiger partial charge in [-0.25, -0.2) is 0 Å². The van der Waals surface area contributed by atoms with Crippen LogP contribution in [0.5, 0.6) is 0 Å². The number of carbonyl (C=O) groups is 1. The van der Waals surface area contributed by atoms with E-state index in [1.807, 2.05) is 12.2 Å². The van der Waals surface area contributed by atoms with Gasteiger partial charge in [-0.1, -0.05) is 44.1 Å². The second-order valence-electron chi connectivity index (χ2n) is 7.13. The zero-order valence-electron chi connectivity index (χ0n) is 14.8. The van der Waals surface area contributed by atoms with E-state index in [9.17, 15) is 15.0 Å². The third-order valence-corrected chi connectivity index (χ3v) is 4.99. The Balaban J connectivity index is 1.64. The van der Waals surface area contributed by atoms with Crippen molar-refractivity contribution in [3.05, 3.63) is 24.3 Å². The van der Waals surface area contributed by atoms with Crippen LogP contribution in [0.3, 0.4) is 0 Å². The van der Waals surface area contributed by atoms with Crippen molar-refractivity contribution in [2.75, 3.05) is 0 Å². The first-order chi connectivity index (χ1) is 11.6. The predicted octanol–water partition coefficient (Wildman–Crippen LogP) is 3.52. The molecule has 2 fully saturated rings. The van der Waals surface area contributed by atoms with Crippen molar-refractivity contribution in [3.63, 3.8) is 0 Å². The lowest BCUT2D eigenvalue weighted by Crippen LogP contribution is -2.25. The summed E-state index contributed by atoms with van der Waals surface area (Å²) in [6, 6.07) is 0. The highest BCUT2D eigenvalue weighted by atomic mass is 16.5. The maximum Gasteiger partial charge on any atom is 0.306 e. The van der Waals surface area contributed by atoms with E-state index in [1.165, 1.54) is 19.3 Å². The van der Waals surface area contributed by atoms with Gasteiger partial charge in [-0.15, -0.1) is 0 Å². The van der Waals surface area contributed by atoms with Crippen LogP contribution in [0, 0.1) is 11.8 Å². The molecule has 0 aromatic heterocycles. The molecule has 0 aromatic rings. The van der Waals surface area contributed by atoms with Crippen LogP contribution in [-0.2, 0) is 9.53 Å². The molecule has 2 rings (SSSR count). The summed E-state index contributed by atoms with van der Waals surface area (Å²) in [4.78, 5) is 11.3. The van der Waals surface area contributed by atoms with E-state index in [-0.39, 0.29) is 12.1 Å². The first-order valence-corrected chi connectivity index (χ1v) is 9.50. The van der Waals surface area contributed by atoms with Gasteiger partial charge in [-0.2, -0.15) is 0 Å². The molecular formula is C20H32O4. The lowest BCUT2D eigenvalue weighted by Gasteiger charge is -2.22. The van der Waals surface area contributed by atoms with Gasteiger partial charge in [0.25, 0.3) is 0 Å². The third-order valence-electron chi connectivity index (χ3n) is 4.99. The topological polar surface area (TPSA) is 66.8 Å². The standard InChI is InChI=1S/C20H32O4/c1-2-3-4-5-6-7-9-17(21)18(22)13-12-15-14-16(15)19-10-8-11-20(23)24-19/h6-7,12-13,15-19,21-22H,2-5,8-11,14H2,1H3/b7-6-,13-12+/t15-,16+,17+,18+,19-/m1/s1.